The van der Waals surface area contributed by atoms with Crippen LogP contribution in [0.1, 0.15) is 18.9 Å². The number of rotatable bonds is 6. The van der Waals surface area contributed by atoms with E-state index >= 15 is 0 Å². The van der Waals surface area contributed by atoms with E-state index in [0.29, 0.717) is 6.54 Å². The number of anilines is 2. The van der Waals surface area contributed by atoms with Crippen molar-refractivity contribution in [1.29, 1.82) is 0 Å². The average Bonchev–Trinajstić information content (AvgIpc) is 2.75. The molecule has 0 amide bonds. The Hall–Kier alpha value is -2.83. The van der Waals surface area contributed by atoms with Crippen molar-refractivity contribution >= 4 is 17.5 Å². The Morgan fingerprint density at radius 1 is 1.07 bits per heavy atom. The Morgan fingerprint density at radius 3 is 2.46 bits per heavy atom. The molecule has 1 aliphatic rings. The first-order chi connectivity index (χ1) is 13.7. The van der Waals surface area contributed by atoms with E-state index in [-0.39, 0.29) is 5.82 Å². The van der Waals surface area contributed by atoms with Gasteiger partial charge in [-0.3, -0.25) is 4.99 Å². The Balaban J connectivity index is 1.55. The van der Waals surface area contributed by atoms with E-state index in [1.165, 1.54) is 17.7 Å². The van der Waals surface area contributed by atoms with Crippen LogP contribution >= 0.6 is 0 Å². The molecule has 1 saturated heterocycles. The number of pyridine rings is 1. The van der Waals surface area contributed by atoms with E-state index in [9.17, 15) is 4.39 Å². The molecule has 0 radical (unpaired) electrons. The molecule has 2 heterocycles. The predicted octanol–water partition coefficient (Wildman–Crippen LogP) is 2.62. The Morgan fingerprint density at radius 2 is 1.79 bits per heavy atom. The first-order valence-electron chi connectivity index (χ1n) is 9.84. The zero-order chi connectivity index (χ0) is 19.8. The largest absolute Gasteiger partial charge is 0.368 e. The number of benzene rings is 1. The van der Waals surface area contributed by atoms with Crippen LogP contribution in [0.4, 0.5) is 15.9 Å². The minimum Gasteiger partial charge on any atom is -0.368 e. The highest BCUT2D eigenvalue weighted by atomic mass is 19.1. The smallest absolute Gasteiger partial charge is 0.191 e. The molecule has 2 N–H and O–H groups in total. The second kappa shape index (κ2) is 9.92. The van der Waals surface area contributed by atoms with Gasteiger partial charge in [-0.05, 0) is 48.4 Å². The zero-order valence-electron chi connectivity index (χ0n) is 16.7. The van der Waals surface area contributed by atoms with Crippen LogP contribution in [0.3, 0.4) is 0 Å². The molecule has 28 heavy (non-hydrogen) atoms. The van der Waals surface area contributed by atoms with Crippen LogP contribution in [-0.4, -0.2) is 50.7 Å². The van der Waals surface area contributed by atoms with Gasteiger partial charge in [0.25, 0.3) is 0 Å². The lowest BCUT2D eigenvalue weighted by Crippen LogP contribution is -2.46. The normalized spacial score (nSPS) is 14.9. The zero-order valence-corrected chi connectivity index (χ0v) is 16.7. The summed E-state index contributed by atoms with van der Waals surface area (Å²) in [7, 11) is 1.78. The molecule has 1 aromatic heterocycles. The molecule has 2 aromatic rings. The van der Waals surface area contributed by atoms with Gasteiger partial charge in [0, 0.05) is 58.2 Å². The lowest BCUT2D eigenvalue weighted by Gasteiger charge is -2.36. The van der Waals surface area contributed by atoms with Crippen molar-refractivity contribution in [2.45, 2.75) is 19.9 Å². The van der Waals surface area contributed by atoms with Crippen molar-refractivity contribution in [3.63, 3.8) is 0 Å². The minimum absolute atomic E-state index is 0.196. The number of nitrogens with zero attached hydrogens (tertiary/aromatic N) is 4. The van der Waals surface area contributed by atoms with Crippen LogP contribution in [0, 0.1) is 5.82 Å². The topological polar surface area (TPSA) is 55.8 Å². The number of hydrogen-bond donors (Lipinski definition) is 2. The van der Waals surface area contributed by atoms with Crippen molar-refractivity contribution < 1.29 is 4.39 Å². The van der Waals surface area contributed by atoms with Gasteiger partial charge in [0.2, 0.25) is 0 Å². The molecule has 7 heteroatoms. The summed E-state index contributed by atoms with van der Waals surface area (Å²) in [5.41, 5.74) is 2.24. The Bertz CT molecular complexity index is 769. The molecule has 3 rings (SSSR count). The highest BCUT2D eigenvalue weighted by Crippen LogP contribution is 2.20. The standard InChI is InChI=1S/C21H29FN6/c1-3-9-25-21(23-2)26-16-17-8-10-24-20(15-17)28-13-11-27(12-14-28)19-6-4-18(22)5-7-19/h4-8,10,15H,3,9,11-14,16H2,1-2H3,(H2,23,25,26). The maximum Gasteiger partial charge on any atom is 0.191 e. The summed E-state index contributed by atoms with van der Waals surface area (Å²) in [6.07, 6.45) is 2.92. The van der Waals surface area contributed by atoms with Gasteiger partial charge in [-0.15, -0.1) is 0 Å². The summed E-state index contributed by atoms with van der Waals surface area (Å²) < 4.78 is 13.1. The van der Waals surface area contributed by atoms with Crippen molar-refractivity contribution in [2.75, 3.05) is 49.6 Å². The number of piperazine rings is 1. The van der Waals surface area contributed by atoms with E-state index in [1.807, 2.05) is 24.4 Å². The minimum atomic E-state index is -0.196. The van der Waals surface area contributed by atoms with Gasteiger partial charge in [-0.1, -0.05) is 6.92 Å². The van der Waals surface area contributed by atoms with Crippen molar-refractivity contribution in [1.82, 2.24) is 15.6 Å². The van der Waals surface area contributed by atoms with Gasteiger partial charge in [-0.2, -0.15) is 0 Å². The number of guanidine groups is 1. The molecule has 1 fully saturated rings. The highest BCUT2D eigenvalue weighted by molar-refractivity contribution is 5.79. The van der Waals surface area contributed by atoms with E-state index < -0.39 is 0 Å². The van der Waals surface area contributed by atoms with Crippen molar-refractivity contribution in [3.8, 4) is 0 Å². The van der Waals surface area contributed by atoms with E-state index in [0.717, 1.165) is 56.6 Å². The molecular weight excluding hydrogens is 355 g/mol. The van der Waals surface area contributed by atoms with Crippen LogP contribution in [0.5, 0.6) is 0 Å². The van der Waals surface area contributed by atoms with Gasteiger partial charge in [0.15, 0.2) is 5.96 Å². The second-order valence-electron chi connectivity index (χ2n) is 6.83. The SMILES string of the molecule is CCCNC(=NC)NCc1ccnc(N2CCN(c3ccc(F)cc3)CC2)c1. The Labute approximate surface area is 166 Å². The average molecular weight is 385 g/mol. The number of aliphatic imine (C=N–C) groups is 1. The molecular formula is C21H29FN6. The molecule has 150 valence electrons. The molecule has 1 aromatic carbocycles. The fourth-order valence-electron chi connectivity index (χ4n) is 3.24. The maximum absolute atomic E-state index is 13.1. The lowest BCUT2D eigenvalue weighted by atomic mass is 10.2. The summed E-state index contributed by atoms with van der Waals surface area (Å²) >= 11 is 0. The molecule has 1 aliphatic heterocycles. The van der Waals surface area contributed by atoms with Crippen LogP contribution in [0.25, 0.3) is 0 Å². The maximum atomic E-state index is 13.1. The number of halogens is 1. The number of aromatic nitrogens is 1. The molecule has 0 bridgehead atoms. The van der Waals surface area contributed by atoms with Crippen LogP contribution in [0.15, 0.2) is 47.6 Å². The molecule has 6 nitrogen and oxygen atoms in total. The fourth-order valence-corrected chi connectivity index (χ4v) is 3.24. The summed E-state index contributed by atoms with van der Waals surface area (Å²) in [5, 5.41) is 6.61. The summed E-state index contributed by atoms with van der Waals surface area (Å²) in [5.74, 6) is 1.61. The van der Waals surface area contributed by atoms with Gasteiger partial charge >= 0.3 is 0 Å². The molecule has 0 unspecified atom stereocenters. The third-order valence-corrected chi connectivity index (χ3v) is 4.83. The first kappa shape index (κ1) is 19.9. The molecule has 0 aliphatic carbocycles. The summed E-state index contributed by atoms with van der Waals surface area (Å²) in [6.45, 7) is 7.30. The summed E-state index contributed by atoms with van der Waals surface area (Å²) in [6, 6.07) is 10.9. The van der Waals surface area contributed by atoms with Gasteiger partial charge in [0.05, 0.1) is 0 Å². The molecule has 0 saturated carbocycles. The van der Waals surface area contributed by atoms with E-state index in [4.69, 9.17) is 0 Å². The fraction of sp³-hybridized carbons (Fsp3) is 0.429. The summed E-state index contributed by atoms with van der Waals surface area (Å²) in [4.78, 5) is 13.4. The second-order valence-corrected chi connectivity index (χ2v) is 6.83. The quantitative estimate of drug-likeness (QED) is 0.592. The van der Waals surface area contributed by atoms with Crippen molar-refractivity contribution in [2.24, 2.45) is 4.99 Å². The van der Waals surface area contributed by atoms with Crippen LogP contribution in [-0.2, 0) is 6.54 Å². The molecule has 0 atom stereocenters. The van der Waals surface area contributed by atoms with Gasteiger partial charge in [0.1, 0.15) is 11.6 Å². The monoisotopic (exact) mass is 384 g/mol. The van der Waals surface area contributed by atoms with Gasteiger partial charge in [-0.25, -0.2) is 9.37 Å². The highest BCUT2D eigenvalue weighted by Gasteiger charge is 2.18. The van der Waals surface area contributed by atoms with Gasteiger partial charge < -0.3 is 20.4 Å². The predicted molar refractivity (Wildman–Crippen MR) is 114 cm³/mol. The van der Waals surface area contributed by atoms with Crippen molar-refractivity contribution in [3.05, 3.63) is 54.0 Å². The first-order valence-corrected chi connectivity index (χ1v) is 9.84. The number of nitrogens with one attached hydrogen (secondary N) is 2. The third kappa shape index (κ3) is 5.34. The molecule has 0 spiro atoms. The third-order valence-electron chi connectivity index (χ3n) is 4.83. The van der Waals surface area contributed by atoms with Crippen LogP contribution < -0.4 is 20.4 Å². The van der Waals surface area contributed by atoms with E-state index in [1.54, 1.807) is 7.05 Å². The van der Waals surface area contributed by atoms with E-state index in [2.05, 4.69) is 43.4 Å². The van der Waals surface area contributed by atoms with Crippen LogP contribution in [0.2, 0.25) is 0 Å². The Kier molecular flexibility index (Phi) is 7.06. The lowest BCUT2D eigenvalue weighted by molar-refractivity contribution is 0.624. The number of hydrogen-bond acceptors (Lipinski definition) is 4.